The Labute approximate surface area is 131 Å². The van der Waals surface area contributed by atoms with Gasteiger partial charge in [-0.2, -0.15) is 0 Å². The van der Waals surface area contributed by atoms with Gasteiger partial charge in [0, 0.05) is 0 Å². The lowest BCUT2D eigenvalue weighted by Crippen LogP contribution is -1.90. The largest absolute Gasteiger partial charge is 0.469 e. The first-order valence-corrected chi connectivity index (χ1v) is 8.58. The molecule has 144 valence electrons. The number of unbranched alkanes of at least 4 members (excludes halogenated alkanes) is 2. The summed E-state index contributed by atoms with van der Waals surface area (Å²) in [5.41, 5.74) is 0. The predicted molar refractivity (Wildman–Crippen MR) is 85.9 cm³/mol. The van der Waals surface area contributed by atoms with E-state index in [9.17, 15) is 9.13 Å². The highest BCUT2D eigenvalue weighted by atomic mass is 31.2. The third-order valence-corrected chi connectivity index (χ3v) is 2.55. The molecule has 0 aromatic heterocycles. The van der Waals surface area contributed by atoms with E-state index < -0.39 is 15.6 Å². The second kappa shape index (κ2) is 21.1. The second-order valence-electron chi connectivity index (χ2n) is 3.35. The summed E-state index contributed by atoms with van der Waals surface area (Å²) in [6, 6.07) is 0. The Bertz CT molecular complexity index is 257. The Hall–Kier alpha value is 0.0600. The van der Waals surface area contributed by atoms with Gasteiger partial charge in [-0.05, 0) is 12.8 Å². The molecule has 14 heteroatoms. The minimum atomic E-state index is -4.20. The van der Waals surface area contributed by atoms with Crippen LogP contribution in [0.15, 0.2) is 0 Å². The standard InChI is InChI=1S/2C4H11O4P.4H3N/c2*1-2-3-4-8-9(5,6)7;;;;/h2*2-4H2,1H3,(H2,5,6,7);4*1H3. The third kappa shape index (κ3) is 50.1. The fraction of sp³-hybridized carbons (Fsp3) is 1.00. The Balaban J connectivity index is -0.0000000492. The van der Waals surface area contributed by atoms with Gasteiger partial charge in [0.25, 0.3) is 0 Å². The first-order valence-electron chi connectivity index (χ1n) is 5.52. The van der Waals surface area contributed by atoms with Crippen molar-refractivity contribution in [2.75, 3.05) is 13.2 Å². The monoisotopic (exact) mass is 376 g/mol. The fourth-order valence-corrected chi connectivity index (χ4v) is 1.39. The normalized spacial score (nSPS) is 9.73. The molecule has 12 nitrogen and oxygen atoms in total. The molecule has 22 heavy (non-hydrogen) atoms. The van der Waals surface area contributed by atoms with Crippen molar-refractivity contribution in [3.63, 3.8) is 0 Å². The molecule has 0 aliphatic rings. The van der Waals surface area contributed by atoms with Gasteiger partial charge in [0.1, 0.15) is 0 Å². The van der Waals surface area contributed by atoms with Crippen molar-refractivity contribution in [3.8, 4) is 0 Å². The maximum atomic E-state index is 9.98. The molecule has 0 aliphatic carbocycles. The van der Waals surface area contributed by atoms with Crippen LogP contribution < -0.4 is 24.6 Å². The molecule has 0 aliphatic heterocycles. The van der Waals surface area contributed by atoms with Crippen molar-refractivity contribution in [2.24, 2.45) is 0 Å². The molecule has 0 amide bonds. The fourth-order valence-electron chi connectivity index (χ4n) is 0.656. The summed E-state index contributed by atoms with van der Waals surface area (Å²) in [5.74, 6) is 0. The molecule has 16 N–H and O–H groups in total. The molecule has 0 rings (SSSR count). The van der Waals surface area contributed by atoms with Crippen LogP contribution in [0.25, 0.3) is 0 Å². The summed E-state index contributed by atoms with van der Waals surface area (Å²) in [4.78, 5) is 32.5. The van der Waals surface area contributed by atoms with Crippen LogP contribution in [-0.4, -0.2) is 32.8 Å². The molecule has 0 bridgehead atoms. The van der Waals surface area contributed by atoms with E-state index in [0.717, 1.165) is 12.8 Å². The van der Waals surface area contributed by atoms with Crippen LogP contribution in [0.1, 0.15) is 39.5 Å². The highest BCUT2D eigenvalue weighted by molar-refractivity contribution is 7.46. The molecule has 0 heterocycles. The van der Waals surface area contributed by atoms with E-state index >= 15 is 0 Å². The van der Waals surface area contributed by atoms with Crippen molar-refractivity contribution in [1.29, 1.82) is 0 Å². The van der Waals surface area contributed by atoms with Crippen molar-refractivity contribution >= 4 is 15.6 Å². The van der Waals surface area contributed by atoms with Gasteiger partial charge in [-0.1, -0.05) is 26.7 Å². The maximum Gasteiger partial charge on any atom is 0.469 e. The molecular weight excluding hydrogens is 342 g/mol. The van der Waals surface area contributed by atoms with Crippen molar-refractivity contribution in [3.05, 3.63) is 0 Å². The van der Waals surface area contributed by atoms with E-state index in [2.05, 4.69) is 9.05 Å². The number of phosphoric acid groups is 2. The van der Waals surface area contributed by atoms with Crippen LogP contribution in [0.4, 0.5) is 0 Å². The Morgan fingerprint density at radius 3 is 1.05 bits per heavy atom. The van der Waals surface area contributed by atoms with Crippen LogP contribution in [0, 0.1) is 0 Å². The molecule has 0 radical (unpaired) electrons. The van der Waals surface area contributed by atoms with Crippen LogP contribution >= 0.6 is 15.6 Å². The number of phosphoric ester groups is 2. The smallest absolute Gasteiger partial charge is 0.344 e. The maximum absolute atomic E-state index is 9.98. The highest BCUT2D eigenvalue weighted by Crippen LogP contribution is 2.36. The molecule has 0 spiro atoms. The molecule has 0 saturated carbocycles. The Morgan fingerprint density at radius 1 is 0.682 bits per heavy atom. The predicted octanol–water partition coefficient (Wildman–Crippen LogP) is 2.44. The molecule has 0 unspecified atom stereocenters. The Morgan fingerprint density at radius 2 is 0.909 bits per heavy atom. The second-order valence-corrected chi connectivity index (χ2v) is 5.83. The van der Waals surface area contributed by atoms with E-state index in [0.29, 0.717) is 12.8 Å². The minimum Gasteiger partial charge on any atom is -0.344 e. The lowest BCUT2D eigenvalue weighted by molar-refractivity contribution is 0.193. The van der Waals surface area contributed by atoms with Gasteiger partial charge >= 0.3 is 15.6 Å². The van der Waals surface area contributed by atoms with E-state index in [1.807, 2.05) is 13.8 Å². The number of hydrogen-bond donors (Lipinski definition) is 8. The topological polar surface area (TPSA) is 274 Å². The van der Waals surface area contributed by atoms with Crippen LogP contribution in [0.5, 0.6) is 0 Å². The summed E-state index contributed by atoms with van der Waals surface area (Å²) in [7, 11) is -8.39. The zero-order valence-electron chi connectivity index (χ0n) is 13.4. The summed E-state index contributed by atoms with van der Waals surface area (Å²) < 4.78 is 28.2. The van der Waals surface area contributed by atoms with Gasteiger partial charge < -0.3 is 44.2 Å². The highest BCUT2D eigenvalue weighted by Gasteiger charge is 2.12. The summed E-state index contributed by atoms with van der Waals surface area (Å²) in [5, 5.41) is 0. The van der Waals surface area contributed by atoms with Gasteiger partial charge in [-0.3, -0.25) is 9.05 Å². The lowest BCUT2D eigenvalue weighted by atomic mass is 10.4. The SMILES string of the molecule is CCCCOP(=O)(O)O.CCCCOP(=O)(O)O.N.N.N.N. The number of rotatable bonds is 8. The molecule has 0 fully saturated rings. The zero-order chi connectivity index (χ0) is 14.7. The molecule has 0 saturated heterocycles. The average molecular weight is 376 g/mol. The van der Waals surface area contributed by atoms with Crippen molar-refractivity contribution < 1.29 is 37.8 Å². The lowest BCUT2D eigenvalue weighted by Gasteiger charge is -2.02. The van der Waals surface area contributed by atoms with E-state index in [1.165, 1.54) is 0 Å². The van der Waals surface area contributed by atoms with E-state index in [-0.39, 0.29) is 37.8 Å². The summed E-state index contributed by atoms with van der Waals surface area (Å²) in [6.45, 7) is 4.12. The van der Waals surface area contributed by atoms with Gasteiger partial charge in [0.2, 0.25) is 0 Å². The first-order chi connectivity index (χ1) is 8.12. The van der Waals surface area contributed by atoms with E-state index in [1.54, 1.807) is 0 Å². The average Bonchev–Trinajstić information content (AvgIpc) is 2.16. The van der Waals surface area contributed by atoms with Gasteiger partial charge in [-0.25, -0.2) is 9.13 Å². The van der Waals surface area contributed by atoms with Crippen molar-refractivity contribution in [1.82, 2.24) is 24.6 Å². The minimum absolute atomic E-state index is 0. The zero-order valence-corrected chi connectivity index (χ0v) is 15.2. The van der Waals surface area contributed by atoms with Crippen LogP contribution in [-0.2, 0) is 18.2 Å². The van der Waals surface area contributed by atoms with E-state index in [4.69, 9.17) is 19.6 Å². The molecule has 0 aromatic carbocycles. The van der Waals surface area contributed by atoms with Gasteiger partial charge in [-0.15, -0.1) is 0 Å². The van der Waals surface area contributed by atoms with Crippen molar-refractivity contribution in [2.45, 2.75) is 39.5 Å². The quantitative estimate of drug-likeness (QED) is 0.224. The Kier molecular flexibility index (Phi) is 36.3. The van der Waals surface area contributed by atoms with Crippen LogP contribution in [0.3, 0.4) is 0 Å². The summed E-state index contributed by atoms with van der Waals surface area (Å²) in [6.07, 6.45) is 3.12. The third-order valence-electron chi connectivity index (χ3n) is 1.51. The summed E-state index contributed by atoms with van der Waals surface area (Å²) >= 11 is 0. The molecule has 0 aromatic rings. The van der Waals surface area contributed by atoms with Crippen LogP contribution in [0.2, 0.25) is 0 Å². The molecular formula is C8H34N4O8P2. The molecule has 0 atom stereocenters. The first kappa shape index (κ1) is 37.9. The number of hydrogen-bond acceptors (Lipinski definition) is 8. The van der Waals surface area contributed by atoms with Gasteiger partial charge in [0.15, 0.2) is 0 Å². The van der Waals surface area contributed by atoms with Gasteiger partial charge in [0.05, 0.1) is 13.2 Å².